The van der Waals surface area contributed by atoms with Crippen LogP contribution >= 0.6 is 0 Å². The Morgan fingerprint density at radius 1 is 1.15 bits per heavy atom. The molecule has 41 heavy (non-hydrogen) atoms. The highest BCUT2D eigenvalue weighted by molar-refractivity contribution is 7.92. The van der Waals surface area contributed by atoms with Crippen LogP contribution in [0.1, 0.15) is 50.5 Å². The molecule has 0 bridgehead atoms. The van der Waals surface area contributed by atoms with E-state index in [0.29, 0.717) is 28.9 Å². The van der Waals surface area contributed by atoms with Crippen LogP contribution < -0.4 is 15.8 Å². The average Bonchev–Trinajstić information content (AvgIpc) is 3.35. The van der Waals surface area contributed by atoms with Gasteiger partial charge in [0.2, 0.25) is 0 Å². The van der Waals surface area contributed by atoms with E-state index in [1.807, 2.05) is 18.2 Å². The lowest BCUT2D eigenvalue weighted by atomic mass is 9.92. The van der Waals surface area contributed by atoms with Crippen molar-refractivity contribution in [2.75, 3.05) is 23.7 Å². The normalized spacial score (nSPS) is 18.0. The fraction of sp³-hybridized carbons (Fsp3) is 0.345. The summed E-state index contributed by atoms with van der Waals surface area (Å²) in [7, 11) is -4.06. The standard InChI is InChI=1S/C29H32FN7O3S/c1-17(2)29-35-26(19-8-11-23(22(30)13-19)36-41(38,39)25-5-3-4-12-32-25)27-28(31)33-14-24(37(27)29)18-6-9-20(10-7-18)34-21-15-40-16-21/h3-6,8,11-14,17,20-21,34,36H,7,9-10,15-16H2,1-2H3,(H2,31,33). The minimum absolute atomic E-state index is 0.0447. The van der Waals surface area contributed by atoms with Crippen molar-refractivity contribution in [3.8, 4) is 11.3 Å². The fourth-order valence-electron chi connectivity index (χ4n) is 5.31. The number of nitrogens with two attached hydrogens (primary N) is 1. The molecule has 2 aliphatic rings. The van der Waals surface area contributed by atoms with Crippen LogP contribution in [0.2, 0.25) is 0 Å². The van der Waals surface area contributed by atoms with Gasteiger partial charge in [-0.3, -0.25) is 9.12 Å². The first-order valence-electron chi connectivity index (χ1n) is 13.6. The first-order chi connectivity index (χ1) is 19.7. The number of nitrogens with zero attached hydrogens (tertiary/aromatic N) is 4. The summed E-state index contributed by atoms with van der Waals surface area (Å²) in [4.78, 5) is 13.3. The maximum atomic E-state index is 15.3. The molecule has 12 heteroatoms. The molecular formula is C29H32FN7O3S. The zero-order valence-corrected chi connectivity index (χ0v) is 23.7. The topological polar surface area (TPSA) is 137 Å². The Morgan fingerprint density at radius 2 is 1.98 bits per heavy atom. The number of ether oxygens (including phenoxy) is 1. The summed E-state index contributed by atoms with van der Waals surface area (Å²) >= 11 is 0. The van der Waals surface area contributed by atoms with Crippen molar-refractivity contribution in [3.63, 3.8) is 0 Å². The molecule has 1 aliphatic carbocycles. The van der Waals surface area contributed by atoms with Gasteiger partial charge in [0.25, 0.3) is 10.0 Å². The molecule has 1 unspecified atom stereocenters. The maximum absolute atomic E-state index is 15.3. The molecule has 1 aliphatic heterocycles. The van der Waals surface area contributed by atoms with Crippen molar-refractivity contribution in [1.29, 1.82) is 0 Å². The van der Waals surface area contributed by atoms with E-state index in [1.54, 1.807) is 24.4 Å². The van der Waals surface area contributed by atoms with E-state index < -0.39 is 15.8 Å². The van der Waals surface area contributed by atoms with Gasteiger partial charge >= 0.3 is 0 Å². The molecule has 1 fully saturated rings. The van der Waals surface area contributed by atoms with Crippen LogP contribution in [0.3, 0.4) is 0 Å². The van der Waals surface area contributed by atoms with Gasteiger partial charge in [-0.2, -0.15) is 8.42 Å². The fourth-order valence-corrected chi connectivity index (χ4v) is 6.33. The highest BCUT2D eigenvalue weighted by Gasteiger charge is 2.27. The lowest BCUT2D eigenvalue weighted by Gasteiger charge is -2.33. The Bertz CT molecular complexity index is 1730. The van der Waals surface area contributed by atoms with Gasteiger partial charge in [0.05, 0.1) is 36.8 Å². The largest absolute Gasteiger partial charge is 0.382 e. The molecule has 10 nitrogen and oxygen atoms in total. The van der Waals surface area contributed by atoms with Gasteiger partial charge in [-0.15, -0.1) is 0 Å². The first kappa shape index (κ1) is 27.3. The predicted octanol–water partition coefficient (Wildman–Crippen LogP) is 4.36. The number of fused-ring (bicyclic) bond motifs is 1. The van der Waals surface area contributed by atoms with Crippen LogP contribution in [0.5, 0.6) is 0 Å². The summed E-state index contributed by atoms with van der Waals surface area (Å²) in [5.74, 6) is 0.363. The summed E-state index contributed by atoms with van der Waals surface area (Å²) in [5, 5.41) is 3.45. The van der Waals surface area contributed by atoms with E-state index in [4.69, 9.17) is 15.5 Å². The van der Waals surface area contributed by atoms with Gasteiger partial charge in [0.1, 0.15) is 28.7 Å². The summed E-state index contributed by atoms with van der Waals surface area (Å²) in [5.41, 5.74) is 9.85. The summed E-state index contributed by atoms with van der Waals surface area (Å²) in [6.07, 6.45) is 8.16. The number of nitrogen functional groups attached to an aromatic ring is 1. The number of allylic oxidation sites excluding steroid dienone is 1. The number of pyridine rings is 1. The highest BCUT2D eigenvalue weighted by atomic mass is 32.2. The van der Waals surface area contributed by atoms with Crippen molar-refractivity contribution >= 4 is 32.6 Å². The molecule has 4 N–H and O–H groups in total. The molecule has 0 spiro atoms. The Balaban J connectivity index is 1.36. The molecule has 0 amide bonds. The van der Waals surface area contributed by atoms with Crippen molar-refractivity contribution in [1.82, 2.24) is 24.7 Å². The zero-order valence-electron chi connectivity index (χ0n) is 22.8. The van der Waals surface area contributed by atoms with Crippen molar-refractivity contribution in [3.05, 3.63) is 72.2 Å². The SMILES string of the molecule is CC(C)c1nc(-c2ccc(NS(=O)(=O)c3ccccn3)c(F)c2)c2c(N)ncc(C3=CCC(NC4COC4)CC3)n12. The third kappa shape index (κ3) is 5.30. The number of rotatable bonds is 8. The van der Waals surface area contributed by atoms with Crippen LogP contribution in [0.25, 0.3) is 22.3 Å². The molecule has 1 atom stereocenters. The molecule has 214 valence electrons. The number of sulfonamides is 1. The number of anilines is 2. The molecule has 4 aromatic rings. The minimum Gasteiger partial charge on any atom is -0.382 e. The molecule has 0 saturated carbocycles. The summed E-state index contributed by atoms with van der Waals surface area (Å²) < 4.78 is 50.3. The van der Waals surface area contributed by atoms with Crippen molar-refractivity contribution < 1.29 is 17.5 Å². The van der Waals surface area contributed by atoms with Crippen LogP contribution in [-0.4, -0.2) is 53.1 Å². The summed E-state index contributed by atoms with van der Waals surface area (Å²) in [6.45, 7) is 5.63. The molecular weight excluding hydrogens is 545 g/mol. The Hall–Kier alpha value is -3.87. The second-order valence-corrected chi connectivity index (χ2v) is 12.4. The highest BCUT2D eigenvalue weighted by Crippen LogP contribution is 2.36. The molecule has 1 saturated heterocycles. The lowest BCUT2D eigenvalue weighted by molar-refractivity contribution is -0.0103. The molecule has 3 aromatic heterocycles. The number of hydrogen-bond acceptors (Lipinski definition) is 8. The Kier molecular flexibility index (Phi) is 7.22. The number of imidazole rings is 1. The molecule has 6 rings (SSSR count). The van der Waals surface area contributed by atoms with Gasteiger partial charge in [0.15, 0.2) is 5.03 Å². The lowest BCUT2D eigenvalue weighted by Crippen LogP contribution is -2.50. The third-order valence-corrected chi connectivity index (χ3v) is 8.76. The second-order valence-electron chi connectivity index (χ2n) is 10.8. The summed E-state index contributed by atoms with van der Waals surface area (Å²) in [6, 6.07) is 9.59. The van der Waals surface area contributed by atoms with Gasteiger partial charge in [-0.25, -0.2) is 19.3 Å². The van der Waals surface area contributed by atoms with E-state index in [0.717, 1.165) is 44.0 Å². The maximum Gasteiger partial charge on any atom is 0.279 e. The first-order valence-corrected chi connectivity index (χ1v) is 15.1. The van der Waals surface area contributed by atoms with Gasteiger partial charge in [0, 0.05) is 23.7 Å². The quantitative estimate of drug-likeness (QED) is 0.281. The Labute approximate surface area is 237 Å². The monoisotopic (exact) mass is 577 g/mol. The predicted molar refractivity (Wildman–Crippen MR) is 155 cm³/mol. The minimum atomic E-state index is -4.06. The molecule has 0 radical (unpaired) electrons. The van der Waals surface area contributed by atoms with E-state index in [2.05, 4.69) is 26.1 Å². The van der Waals surface area contributed by atoms with E-state index in [-0.39, 0.29) is 22.4 Å². The van der Waals surface area contributed by atoms with Crippen LogP contribution in [0.15, 0.2) is 59.9 Å². The molecule has 1 aromatic carbocycles. The zero-order chi connectivity index (χ0) is 28.7. The van der Waals surface area contributed by atoms with Crippen LogP contribution in [-0.2, 0) is 14.8 Å². The van der Waals surface area contributed by atoms with Gasteiger partial charge in [-0.05, 0) is 49.1 Å². The average molecular weight is 578 g/mol. The van der Waals surface area contributed by atoms with Crippen LogP contribution in [0.4, 0.5) is 15.9 Å². The molecule has 4 heterocycles. The second kappa shape index (κ2) is 10.8. The van der Waals surface area contributed by atoms with E-state index in [1.165, 1.54) is 30.0 Å². The number of nitrogens with one attached hydrogen (secondary N) is 2. The van der Waals surface area contributed by atoms with Crippen molar-refractivity contribution in [2.24, 2.45) is 0 Å². The number of halogens is 1. The van der Waals surface area contributed by atoms with E-state index >= 15 is 4.39 Å². The van der Waals surface area contributed by atoms with Crippen molar-refractivity contribution in [2.45, 2.75) is 56.1 Å². The van der Waals surface area contributed by atoms with E-state index in [9.17, 15) is 8.42 Å². The van der Waals surface area contributed by atoms with Crippen LogP contribution in [0, 0.1) is 5.82 Å². The number of aromatic nitrogens is 4. The van der Waals surface area contributed by atoms with Gasteiger partial charge in [-0.1, -0.05) is 32.1 Å². The number of benzene rings is 1. The Morgan fingerprint density at radius 3 is 2.61 bits per heavy atom. The van der Waals surface area contributed by atoms with Gasteiger partial charge < -0.3 is 15.8 Å². The third-order valence-electron chi connectivity index (χ3n) is 7.48. The smallest absolute Gasteiger partial charge is 0.279 e. The number of hydrogen-bond donors (Lipinski definition) is 3.